The molecule has 116 valence electrons. The van der Waals surface area contributed by atoms with E-state index in [0.717, 1.165) is 12.4 Å². The molecule has 1 amide bonds. The number of rotatable bonds is 3. The van der Waals surface area contributed by atoms with Crippen molar-refractivity contribution in [3.63, 3.8) is 0 Å². The summed E-state index contributed by atoms with van der Waals surface area (Å²) >= 11 is 0. The minimum Gasteiger partial charge on any atom is -0.305 e. The number of aryl methyl sites for hydroxylation is 1. The van der Waals surface area contributed by atoms with Crippen molar-refractivity contribution in [3.8, 4) is 11.3 Å². The fourth-order valence-electron chi connectivity index (χ4n) is 2.03. The van der Waals surface area contributed by atoms with Crippen molar-refractivity contribution in [2.45, 2.75) is 0 Å². The number of carbonyl (C=O) groups is 1. The molecular weight excluding hydrogens is 304 g/mol. The zero-order chi connectivity index (χ0) is 16.4. The average Bonchev–Trinajstić information content (AvgIpc) is 2.96. The highest BCUT2D eigenvalue weighted by molar-refractivity contribution is 6.02. The van der Waals surface area contributed by atoms with Crippen LogP contribution in [0.15, 0.2) is 42.9 Å². The minimum absolute atomic E-state index is 0.00808. The van der Waals surface area contributed by atoms with Gasteiger partial charge < -0.3 is 5.32 Å². The van der Waals surface area contributed by atoms with Gasteiger partial charge in [0.05, 0.1) is 18.1 Å². The van der Waals surface area contributed by atoms with Gasteiger partial charge in [0.2, 0.25) is 0 Å². The molecule has 0 radical (unpaired) electrons. The van der Waals surface area contributed by atoms with Crippen LogP contribution in [0.5, 0.6) is 0 Å². The summed E-state index contributed by atoms with van der Waals surface area (Å²) in [7, 11) is 1.66. The molecule has 3 heterocycles. The lowest BCUT2D eigenvalue weighted by atomic mass is 10.1. The number of anilines is 1. The van der Waals surface area contributed by atoms with Gasteiger partial charge in [-0.15, -0.1) is 0 Å². The van der Waals surface area contributed by atoms with Gasteiger partial charge in [-0.3, -0.25) is 9.48 Å². The van der Waals surface area contributed by atoms with E-state index in [-0.39, 0.29) is 17.1 Å². The van der Waals surface area contributed by atoms with Gasteiger partial charge >= 0.3 is 0 Å². The molecule has 3 aromatic rings. The second-order valence-corrected chi connectivity index (χ2v) is 4.71. The lowest BCUT2D eigenvalue weighted by Crippen LogP contribution is -2.15. The van der Waals surface area contributed by atoms with Crippen molar-refractivity contribution >= 4 is 11.7 Å². The predicted octanol–water partition coefficient (Wildman–Crippen LogP) is 2.41. The maximum absolute atomic E-state index is 14.0. The molecule has 0 unspecified atom stereocenters. The molecule has 0 aliphatic rings. The summed E-state index contributed by atoms with van der Waals surface area (Å²) in [5.74, 6) is -1.48. The lowest BCUT2D eigenvalue weighted by molar-refractivity contribution is 0.102. The Hall–Kier alpha value is -3.16. The Labute approximate surface area is 129 Å². The number of halogens is 2. The maximum atomic E-state index is 14.0. The Kier molecular flexibility index (Phi) is 3.80. The van der Waals surface area contributed by atoms with Gasteiger partial charge in [-0.1, -0.05) is 0 Å². The van der Waals surface area contributed by atoms with Gasteiger partial charge in [-0.2, -0.15) is 5.10 Å². The average molecular weight is 315 g/mol. The van der Waals surface area contributed by atoms with E-state index in [2.05, 4.69) is 20.4 Å². The monoisotopic (exact) mass is 315 g/mol. The molecule has 23 heavy (non-hydrogen) atoms. The molecule has 0 atom stereocenters. The Morgan fingerprint density at radius 1 is 1.17 bits per heavy atom. The fourth-order valence-corrected chi connectivity index (χ4v) is 2.03. The zero-order valence-corrected chi connectivity index (χ0v) is 12.0. The van der Waals surface area contributed by atoms with Gasteiger partial charge in [0.1, 0.15) is 17.3 Å². The molecule has 3 aromatic heterocycles. The molecular formula is C15H11F2N5O. The summed E-state index contributed by atoms with van der Waals surface area (Å²) in [6.45, 7) is 0. The van der Waals surface area contributed by atoms with Crippen LogP contribution in [0.1, 0.15) is 10.5 Å². The molecule has 0 aliphatic carbocycles. The first-order valence-corrected chi connectivity index (χ1v) is 6.61. The largest absolute Gasteiger partial charge is 0.305 e. The van der Waals surface area contributed by atoms with Gasteiger partial charge in [0.15, 0.2) is 5.82 Å². The van der Waals surface area contributed by atoms with Crippen LogP contribution in [0.4, 0.5) is 14.6 Å². The van der Waals surface area contributed by atoms with Crippen LogP contribution in [0.25, 0.3) is 11.3 Å². The predicted molar refractivity (Wildman–Crippen MR) is 78.5 cm³/mol. The quantitative estimate of drug-likeness (QED) is 0.805. The lowest BCUT2D eigenvalue weighted by Gasteiger charge is -2.07. The summed E-state index contributed by atoms with van der Waals surface area (Å²) in [5, 5.41) is 6.44. The molecule has 0 bridgehead atoms. The molecule has 0 saturated heterocycles. The normalized spacial score (nSPS) is 10.6. The Bertz CT molecular complexity index is 861. The van der Waals surface area contributed by atoms with Crippen LogP contribution in [-0.2, 0) is 7.05 Å². The number of nitrogens with zero attached hydrogens (tertiary/aromatic N) is 4. The van der Waals surface area contributed by atoms with E-state index >= 15 is 0 Å². The summed E-state index contributed by atoms with van der Waals surface area (Å²) in [6.07, 6.45) is 3.47. The number of pyridine rings is 2. The highest BCUT2D eigenvalue weighted by Crippen LogP contribution is 2.22. The Morgan fingerprint density at radius 2 is 2.00 bits per heavy atom. The van der Waals surface area contributed by atoms with E-state index in [4.69, 9.17) is 0 Å². The number of carbonyl (C=O) groups excluding carboxylic acids is 1. The van der Waals surface area contributed by atoms with Gasteiger partial charge in [0, 0.05) is 18.8 Å². The Morgan fingerprint density at radius 3 is 2.65 bits per heavy atom. The molecule has 8 heteroatoms. The summed E-state index contributed by atoms with van der Waals surface area (Å²) in [5.41, 5.74) is 0.727. The van der Waals surface area contributed by atoms with E-state index in [1.54, 1.807) is 13.1 Å². The summed E-state index contributed by atoms with van der Waals surface area (Å²) in [4.78, 5) is 19.7. The van der Waals surface area contributed by atoms with E-state index in [9.17, 15) is 13.6 Å². The van der Waals surface area contributed by atoms with Crippen molar-refractivity contribution in [3.05, 3.63) is 60.2 Å². The standard InChI is InChI=1S/C15H11F2N5O/c1-22-13(4-5-20-22)10-6-12(18-8-11(10)17)15(23)21-14-3-2-9(16)7-19-14/h2-8H,1H3,(H,19,21,23). The van der Waals surface area contributed by atoms with E-state index in [1.807, 2.05) is 0 Å². The molecule has 0 spiro atoms. The first kappa shape index (κ1) is 14.8. The number of hydrogen-bond donors (Lipinski definition) is 1. The van der Waals surface area contributed by atoms with Crippen molar-refractivity contribution in [1.29, 1.82) is 0 Å². The summed E-state index contributed by atoms with van der Waals surface area (Å²) < 4.78 is 28.2. The van der Waals surface area contributed by atoms with E-state index in [0.29, 0.717) is 5.69 Å². The highest BCUT2D eigenvalue weighted by Gasteiger charge is 2.15. The Balaban J connectivity index is 1.90. The van der Waals surface area contributed by atoms with Crippen LogP contribution in [0.3, 0.4) is 0 Å². The minimum atomic E-state index is -0.576. The van der Waals surface area contributed by atoms with Crippen LogP contribution in [0.2, 0.25) is 0 Å². The van der Waals surface area contributed by atoms with Gasteiger partial charge in [0.25, 0.3) is 5.91 Å². The number of aromatic nitrogens is 4. The molecule has 6 nitrogen and oxygen atoms in total. The molecule has 0 fully saturated rings. The van der Waals surface area contributed by atoms with Crippen LogP contribution >= 0.6 is 0 Å². The number of amides is 1. The smallest absolute Gasteiger partial charge is 0.275 e. The van der Waals surface area contributed by atoms with Crippen molar-refractivity contribution in [2.75, 3.05) is 5.32 Å². The zero-order valence-electron chi connectivity index (χ0n) is 12.0. The van der Waals surface area contributed by atoms with Gasteiger partial charge in [-0.05, 0) is 24.3 Å². The van der Waals surface area contributed by atoms with Crippen LogP contribution in [-0.4, -0.2) is 25.7 Å². The SMILES string of the molecule is Cn1nccc1-c1cc(C(=O)Nc2ccc(F)cn2)ncc1F. The molecule has 0 aliphatic heterocycles. The first-order valence-electron chi connectivity index (χ1n) is 6.61. The maximum Gasteiger partial charge on any atom is 0.275 e. The van der Waals surface area contributed by atoms with Crippen LogP contribution in [0, 0.1) is 11.6 Å². The second-order valence-electron chi connectivity index (χ2n) is 4.71. The molecule has 0 aromatic carbocycles. The van der Waals surface area contributed by atoms with E-state index in [1.165, 1.54) is 29.1 Å². The van der Waals surface area contributed by atoms with E-state index < -0.39 is 17.5 Å². The van der Waals surface area contributed by atoms with Crippen molar-refractivity contribution < 1.29 is 13.6 Å². The van der Waals surface area contributed by atoms with Crippen molar-refractivity contribution in [1.82, 2.24) is 19.7 Å². The van der Waals surface area contributed by atoms with Crippen molar-refractivity contribution in [2.24, 2.45) is 7.05 Å². The summed E-state index contributed by atoms with van der Waals surface area (Å²) in [6, 6.07) is 5.44. The third-order valence-electron chi connectivity index (χ3n) is 3.15. The fraction of sp³-hybridized carbons (Fsp3) is 0.0667. The topological polar surface area (TPSA) is 72.7 Å². The molecule has 3 rings (SSSR count). The molecule has 0 saturated carbocycles. The van der Waals surface area contributed by atoms with Crippen LogP contribution < -0.4 is 5.32 Å². The number of hydrogen-bond acceptors (Lipinski definition) is 4. The number of nitrogens with one attached hydrogen (secondary N) is 1. The highest BCUT2D eigenvalue weighted by atomic mass is 19.1. The second kappa shape index (κ2) is 5.91. The molecule has 1 N–H and O–H groups in total. The third kappa shape index (κ3) is 3.05. The third-order valence-corrected chi connectivity index (χ3v) is 3.15. The first-order chi connectivity index (χ1) is 11.0. The van der Waals surface area contributed by atoms with Gasteiger partial charge in [-0.25, -0.2) is 18.7 Å².